The number of hydrogen-bond donors (Lipinski definition) is 1. The third-order valence-electron chi connectivity index (χ3n) is 4.49. The first-order valence-electron chi connectivity index (χ1n) is 8.57. The minimum atomic E-state index is -0.197. The van der Waals surface area contributed by atoms with Gasteiger partial charge < -0.3 is 10.2 Å². The molecule has 0 aliphatic carbocycles. The average molecular weight is 338 g/mol. The Hall–Kier alpha value is -2.62. The van der Waals surface area contributed by atoms with E-state index in [2.05, 4.69) is 12.2 Å². The summed E-state index contributed by atoms with van der Waals surface area (Å²) in [5.41, 5.74) is 5.95. The van der Waals surface area contributed by atoms with Crippen molar-refractivity contribution in [2.45, 2.75) is 41.0 Å². The van der Waals surface area contributed by atoms with Gasteiger partial charge in [-0.15, -0.1) is 0 Å². The first-order chi connectivity index (χ1) is 11.8. The Bertz CT molecular complexity index is 796. The van der Waals surface area contributed by atoms with Gasteiger partial charge in [0, 0.05) is 18.3 Å². The van der Waals surface area contributed by atoms with Crippen LogP contribution in [0.1, 0.15) is 36.1 Å². The number of carbonyl (C=O) groups is 2. The fourth-order valence-corrected chi connectivity index (χ4v) is 2.80. The first kappa shape index (κ1) is 18.7. The van der Waals surface area contributed by atoms with Crippen LogP contribution in [0.25, 0.3) is 0 Å². The highest BCUT2D eigenvalue weighted by molar-refractivity contribution is 6.02. The minimum Gasteiger partial charge on any atom is -0.324 e. The van der Waals surface area contributed by atoms with Crippen molar-refractivity contribution < 1.29 is 9.59 Å². The largest absolute Gasteiger partial charge is 0.324 e. The van der Waals surface area contributed by atoms with Crippen molar-refractivity contribution in [1.29, 1.82) is 0 Å². The van der Waals surface area contributed by atoms with Gasteiger partial charge in [0.2, 0.25) is 11.8 Å². The second-order valence-corrected chi connectivity index (χ2v) is 6.38. The van der Waals surface area contributed by atoms with Crippen LogP contribution in [0.5, 0.6) is 0 Å². The van der Waals surface area contributed by atoms with Gasteiger partial charge in [0.15, 0.2) is 0 Å². The molecular weight excluding hydrogens is 312 g/mol. The van der Waals surface area contributed by atoms with E-state index in [1.807, 2.05) is 57.2 Å². The summed E-state index contributed by atoms with van der Waals surface area (Å²) < 4.78 is 0. The second kappa shape index (κ2) is 7.97. The molecule has 2 amide bonds. The highest BCUT2D eigenvalue weighted by Crippen LogP contribution is 2.22. The van der Waals surface area contributed by atoms with Crippen LogP contribution in [0.15, 0.2) is 36.4 Å². The summed E-state index contributed by atoms with van der Waals surface area (Å²) in [6.45, 7) is 9.53. The van der Waals surface area contributed by atoms with E-state index in [0.29, 0.717) is 0 Å². The van der Waals surface area contributed by atoms with E-state index in [1.165, 1.54) is 11.8 Å². The molecule has 0 fully saturated rings. The predicted molar refractivity (Wildman–Crippen MR) is 103 cm³/mol. The molecule has 0 aliphatic rings. The van der Waals surface area contributed by atoms with Crippen molar-refractivity contribution in [3.8, 4) is 0 Å². The fourth-order valence-electron chi connectivity index (χ4n) is 2.80. The number of anilines is 2. The van der Waals surface area contributed by atoms with Crippen molar-refractivity contribution in [2.75, 3.05) is 16.8 Å². The number of nitrogens with zero attached hydrogens (tertiary/aromatic N) is 1. The van der Waals surface area contributed by atoms with E-state index in [1.54, 1.807) is 0 Å². The molecule has 0 aliphatic heterocycles. The highest BCUT2D eigenvalue weighted by Gasteiger charge is 2.17. The molecule has 4 heteroatoms. The zero-order valence-electron chi connectivity index (χ0n) is 15.6. The van der Waals surface area contributed by atoms with Crippen molar-refractivity contribution in [1.82, 2.24) is 0 Å². The molecule has 0 atom stereocenters. The fraction of sp³-hybridized carbons (Fsp3) is 0.333. The van der Waals surface area contributed by atoms with Crippen LogP contribution < -0.4 is 10.2 Å². The van der Waals surface area contributed by atoms with E-state index in [0.717, 1.165) is 40.0 Å². The lowest BCUT2D eigenvalue weighted by atomic mass is 10.1. The molecule has 132 valence electrons. The lowest BCUT2D eigenvalue weighted by Crippen LogP contribution is -2.37. The maximum absolute atomic E-state index is 12.6. The summed E-state index contributed by atoms with van der Waals surface area (Å²) in [4.78, 5) is 26.1. The van der Waals surface area contributed by atoms with Crippen LogP contribution >= 0.6 is 0 Å². The molecule has 0 heterocycles. The maximum atomic E-state index is 12.6. The Labute approximate surface area is 149 Å². The zero-order chi connectivity index (χ0) is 18.6. The standard InChI is InChI=1S/C21H26N2O2/c1-6-18-9-7-8-15(3)21(18)22-20(25)13-23(17(5)24)19-11-10-14(2)16(4)12-19/h7-12H,6,13H2,1-5H3,(H,22,25). The molecule has 0 saturated carbocycles. The summed E-state index contributed by atoms with van der Waals surface area (Å²) >= 11 is 0. The van der Waals surface area contributed by atoms with Crippen molar-refractivity contribution >= 4 is 23.2 Å². The smallest absolute Gasteiger partial charge is 0.244 e. The molecule has 25 heavy (non-hydrogen) atoms. The Morgan fingerprint density at radius 2 is 1.72 bits per heavy atom. The number of hydrogen-bond acceptors (Lipinski definition) is 2. The molecule has 0 spiro atoms. The Balaban J connectivity index is 2.22. The van der Waals surface area contributed by atoms with Gasteiger partial charge in [-0.05, 0) is 61.6 Å². The molecule has 1 N–H and O–H groups in total. The Morgan fingerprint density at radius 3 is 2.32 bits per heavy atom. The maximum Gasteiger partial charge on any atom is 0.244 e. The summed E-state index contributed by atoms with van der Waals surface area (Å²) in [5.74, 6) is -0.351. The predicted octanol–water partition coefficient (Wildman–Crippen LogP) is 4.17. The Kier molecular flexibility index (Phi) is 5.97. The van der Waals surface area contributed by atoms with Crippen LogP contribution in [0, 0.1) is 20.8 Å². The molecule has 2 rings (SSSR count). The number of amides is 2. The number of rotatable bonds is 5. The quantitative estimate of drug-likeness (QED) is 0.889. The van der Waals surface area contributed by atoms with Gasteiger partial charge >= 0.3 is 0 Å². The van der Waals surface area contributed by atoms with Crippen molar-refractivity contribution in [3.63, 3.8) is 0 Å². The molecular formula is C21H26N2O2. The third kappa shape index (κ3) is 4.47. The molecule has 4 nitrogen and oxygen atoms in total. The van der Waals surface area contributed by atoms with Gasteiger partial charge in [0.25, 0.3) is 0 Å². The van der Waals surface area contributed by atoms with Crippen LogP contribution in [-0.2, 0) is 16.0 Å². The topological polar surface area (TPSA) is 49.4 Å². The van der Waals surface area contributed by atoms with Crippen LogP contribution in [0.4, 0.5) is 11.4 Å². The number of carbonyl (C=O) groups excluding carboxylic acids is 2. The van der Waals surface area contributed by atoms with Crippen molar-refractivity contribution in [3.05, 3.63) is 58.7 Å². The minimum absolute atomic E-state index is 0.00464. The SMILES string of the molecule is CCc1cccc(C)c1NC(=O)CN(C(C)=O)c1ccc(C)c(C)c1. The van der Waals surface area contributed by atoms with Gasteiger partial charge in [-0.3, -0.25) is 9.59 Å². The normalized spacial score (nSPS) is 10.4. The monoisotopic (exact) mass is 338 g/mol. The number of benzene rings is 2. The van der Waals surface area contributed by atoms with E-state index in [-0.39, 0.29) is 18.4 Å². The summed E-state index contributed by atoms with van der Waals surface area (Å²) in [6.07, 6.45) is 0.838. The van der Waals surface area contributed by atoms with Crippen LogP contribution in [0.3, 0.4) is 0 Å². The average Bonchev–Trinajstić information content (AvgIpc) is 2.57. The molecule has 0 saturated heterocycles. The molecule has 0 unspecified atom stereocenters. The van der Waals surface area contributed by atoms with E-state index >= 15 is 0 Å². The zero-order valence-corrected chi connectivity index (χ0v) is 15.6. The van der Waals surface area contributed by atoms with Gasteiger partial charge in [-0.25, -0.2) is 0 Å². The summed E-state index contributed by atoms with van der Waals surface area (Å²) in [7, 11) is 0. The first-order valence-corrected chi connectivity index (χ1v) is 8.57. The van der Waals surface area contributed by atoms with Gasteiger partial charge in [-0.1, -0.05) is 31.2 Å². The summed E-state index contributed by atoms with van der Waals surface area (Å²) in [6, 6.07) is 11.8. The number of nitrogens with one attached hydrogen (secondary N) is 1. The van der Waals surface area contributed by atoms with E-state index in [4.69, 9.17) is 0 Å². The molecule has 0 radical (unpaired) electrons. The second-order valence-electron chi connectivity index (χ2n) is 6.38. The lowest BCUT2D eigenvalue weighted by Gasteiger charge is -2.22. The molecule has 2 aromatic carbocycles. The van der Waals surface area contributed by atoms with E-state index < -0.39 is 0 Å². The van der Waals surface area contributed by atoms with Gasteiger partial charge in [-0.2, -0.15) is 0 Å². The van der Waals surface area contributed by atoms with Crippen LogP contribution in [0.2, 0.25) is 0 Å². The van der Waals surface area contributed by atoms with E-state index in [9.17, 15) is 9.59 Å². The number of para-hydroxylation sites is 1. The third-order valence-corrected chi connectivity index (χ3v) is 4.49. The van der Waals surface area contributed by atoms with Crippen molar-refractivity contribution in [2.24, 2.45) is 0 Å². The van der Waals surface area contributed by atoms with Gasteiger partial charge in [0.05, 0.1) is 0 Å². The number of aryl methyl sites for hydroxylation is 4. The molecule has 0 aromatic heterocycles. The van der Waals surface area contributed by atoms with Crippen LogP contribution in [-0.4, -0.2) is 18.4 Å². The molecule has 2 aromatic rings. The Morgan fingerprint density at radius 1 is 1.00 bits per heavy atom. The summed E-state index contributed by atoms with van der Waals surface area (Å²) in [5, 5.41) is 2.98. The van der Waals surface area contributed by atoms with Gasteiger partial charge in [0.1, 0.15) is 6.54 Å². The molecule has 0 bridgehead atoms. The lowest BCUT2D eigenvalue weighted by molar-refractivity contribution is -0.120. The highest BCUT2D eigenvalue weighted by atomic mass is 16.2.